The van der Waals surface area contributed by atoms with Crippen LogP contribution in [0, 0.1) is 12.7 Å². The Balaban J connectivity index is 2.37. The van der Waals surface area contributed by atoms with E-state index in [1.165, 1.54) is 30.0 Å². The lowest BCUT2D eigenvalue weighted by molar-refractivity contribution is 0.318. The minimum atomic E-state index is -0.462. The maximum atomic E-state index is 13.2. The molecule has 0 saturated carbocycles. The molecular formula is C12H11FN4OS. The Morgan fingerprint density at radius 1 is 1.37 bits per heavy atom. The molecule has 3 N–H and O–H groups in total. The summed E-state index contributed by atoms with van der Waals surface area (Å²) in [6.07, 6.45) is 3.37. The molecule has 0 aliphatic heterocycles. The molecule has 2 aromatic rings. The highest BCUT2D eigenvalue weighted by Crippen LogP contribution is 2.28. The van der Waals surface area contributed by atoms with Crippen LogP contribution in [0.4, 0.5) is 4.39 Å². The molecule has 0 amide bonds. The second-order valence-corrected chi connectivity index (χ2v) is 4.78. The summed E-state index contributed by atoms with van der Waals surface area (Å²) in [6.45, 7) is 1.88. The molecule has 7 heteroatoms. The lowest BCUT2D eigenvalue weighted by Gasteiger charge is -2.07. The average molecular weight is 278 g/mol. The number of hydrogen-bond acceptors (Lipinski definition) is 5. The van der Waals surface area contributed by atoms with E-state index in [1.807, 2.05) is 6.92 Å². The molecule has 19 heavy (non-hydrogen) atoms. The maximum Gasteiger partial charge on any atom is 0.192 e. The average Bonchev–Trinajstić information content (AvgIpc) is 2.42. The van der Waals surface area contributed by atoms with Gasteiger partial charge >= 0.3 is 0 Å². The van der Waals surface area contributed by atoms with E-state index in [0.29, 0.717) is 15.6 Å². The number of aryl methyl sites for hydroxylation is 1. The third kappa shape index (κ3) is 3.19. The van der Waals surface area contributed by atoms with Gasteiger partial charge in [-0.05, 0) is 42.4 Å². The minimum Gasteiger partial charge on any atom is -0.409 e. The van der Waals surface area contributed by atoms with Crippen molar-refractivity contribution in [3.8, 4) is 0 Å². The van der Waals surface area contributed by atoms with Crippen molar-refractivity contribution >= 4 is 17.6 Å². The van der Waals surface area contributed by atoms with Crippen LogP contribution in [-0.4, -0.2) is 21.0 Å². The van der Waals surface area contributed by atoms with E-state index in [1.54, 1.807) is 12.4 Å². The summed E-state index contributed by atoms with van der Waals surface area (Å²) in [5, 5.41) is 12.1. The van der Waals surface area contributed by atoms with Gasteiger partial charge in [0.25, 0.3) is 0 Å². The third-order valence-electron chi connectivity index (χ3n) is 2.28. The highest BCUT2D eigenvalue weighted by molar-refractivity contribution is 7.99. The lowest BCUT2D eigenvalue weighted by Crippen LogP contribution is -2.14. The highest BCUT2D eigenvalue weighted by atomic mass is 32.2. The molecule has 0 aliphatic rings. The highest BCUT2D eigenvalue weighted by Gasteiger charge is 2.11. The first-order chi connectivity index (χ1) is 9.10. The van der Waals surface area contributed by atoms with E-state index in [9.17, 15) is 4.39 Å². The van der Waals surface area contributed by atoms with E-state index >= 15 is 0 Å². The Kier molecular flexibility index (Phi) is 3.96. The number of benzene rings is 1. The number of nitrogens with two attached hydrogens (primary N) is 1. The predicted molar refractivity (Wildman–Crippen MR) is 69.8 cm³/mol. The van der Waals surface area contributed by atoms with Crippen molar-refractivity contribution in [3.05, 3.63) is 47.5 Å². The smallest absolute Gasteiger partial charge is 0.192 e. The van der Waals surface area contributed by atoms with Gasteiger partial charge in [-0.15, -0.1) is 0 Å². The van der Waals surface area contributed by atoms with Crippen molar-refractivity contribution < 1.29 is 9.60 Å². The van der Waals surface area contributed by atoms with Crippen molar-refractivity contribution in [1.82, 2.24) is 9.97 Å². The quantitative estimate of drug-likeness (QED) is 0.295. The fourth-order valence-corrected chi connectivity index (χ4v) is 2.19. The zero-order valence-corrected chi connectivity index (χ0v) is 10.9. The molecular weight excluding hydrogens is 267 g/mol. The van der Waals surface area contributed by atoms with E-state index in [-0.39, 0.29) is 5.84 Å². The Hall–Kier alpha value is -2.15. The van der Waals surface area contributed by atoms with Crippen molar-refractivity contribution in [2.24, 2.45) is 10.9 Å². The molecule has 0 unspecified atom stereocenters. The van der Waals surface area contributed by atoms with Crippen LogP contribution >= 0.6 is 11.8 Å². The zero-order valence-electron chi connectivity index (χ0n) is 10.0. The van der Waals surface area contributed by atoms with Gasteiger partial charge in [-0.25, -0.2) is 14.4 Å². The van der Waals surface area contributed by atoms with Crippen molar-refractivity contribution in [2.45, 2.75) is 17.0 Å². The van der Waals surface area contributed by atoms with Crippen LogP contribution in [0.5, 0.6) is 0 Å². The molecule has 0 spiro atoms. The number of halogens is 1. The van der Waals surface area contributed by atoms with Gasteiger partial charge in [0.05, 0.1) is 0 Å². The van der Waals surface area contributed by atoms with Gasteiger partial charge in [-0.1, -0.05) is 5.16 Å². The van der Waals surface area contributed by atoms with Gasteiger partial charge in [-0.2, -0.15) is 0 Å². The normalized spacial score (nSPS) is 11.6. The zero-order chi connectivity index (χ0) is 13.8. The molecule has 1 heterocycles. The number of nitrogens with zero attached hydrogens (tertiary/aromatic N) is 3. The number of hydrogen-bond donors (Lipinski definition) is 2. The fourth-order valence-electron chi connectivity index (χ4n) is 1.38. The van der Waals surface area contributed by atoms with Crippen molar-refractivity contribution in [1.29, 1.82) is 0 Å². The summed E-state index contributed by atoms with van der Waals surface area (Å²) < 4.78 is 13.2. The molecule has 0 fully saturated rings. The summed E-state index contributed by atoms with van der Waals surface area (Å²) in [4.78, 5) is 8.89. The SMILES string of the molecule is Cc1cnc(Sc2ccc(F)cc2C(N)=NO)nc1. The van der Waals surface area contributed by atoms with Crippen LogP contribution in [0.15, 0.2) is 45.8 Å². The molecule has 2 rings (SSSR count). The predicted octanol–water partition coefficient (Wildman–Crippen LogP) is 2.17. The fraction of sp³-hybridized carbons (Fsp3) is 0.0833. The Labute approximate surface area is 113 Å². The molecule has 98 valence electrons. The molecule has 0 saturated heterocycles. The Morgan fingerprint density at radius 2 is 2.05 bits per heavy atom. The first kappa shape index (κ1) is 13.3. The largest absolute Gasteiger partial charge is 0.409 e. The van der Waals surface area contributed by atoms with Crippen LogP contribution in [-0.2, 0) is 0 Å². The number of oxime groups is 1. The van der Waals surface area contributed by atoms with Gasteiger partial charge in [0.1, 0.15) is 5.82 Å². The first-order valence-electron chi connectivity index (χ1n) is 5.34. The molecule has 0 radical (unpaired) electrons. The monoisotopic (exact) mass is 278 g/mol. The van der Waals surface area contributed by atoms with Crippen LogP contribution in [0.25, 0.3) is 0 Å². The van der Waals surface area contributed by atoms with Gasteiger partial charge in [0, 0.05) is 22.9 Å². The van der Waals surface area contributed by atoms with Gasteiger partial charge in [0.2, 0.25) is 0 Å². The van der Waals surface area contributed by atoms with Crippen LogP contribution in [0.1, 0.15) is 11.1 Å². The van der Waals surface area contributed by atoms with E-state index in [2.05, 4.69) is 15.1 Å². The number of amidine groups is 1. The van der Waals surface area contributed by atoms with Crippen LogP contribution in [0.2, 0.25) is 0 Å². The molecule has 0 bridgehead atoms. The van der Waals surface area contributed by atoms with Crippen LogP contribution < -0.4 is 5.73 Å². The van der Waals surface area contributed by atoms with Crippen molar-refractivity contribution in [3.63, 3.8) is 0 Å². The lowest BCUT2D eigenvalue weighted by atomic mass is 10.2. The summed E-state index contributed by atoms with van der Waals surface area (Å²) in [5.41, 5.74) is 6.77. The molecule has 1 aromatic heterocycles. The first-order valence-corrected chi connectivity index (χ1v) is 6.16. The van der Waals surface area contributed by atoms with Crippen molar-refractivity contribution in [2.75, 3.05) is 0 Å². The van der Waals surface area contributed by atoms with Gasteiger partial charge in [-0.3, -0.25) is 0 Å². The standard InChI is InChI=1S/C12H11FN4OS/c1-7-5-15-12(16-6-7)19-10-3-2-8(13)4-9(10)11(14)17-18/h2-6,18H,1H3,(H2,14,17). The second kappa shape index (κ2) is 5.66. The Bertz CT molecular complexity index is 616. The molecule has 0 atom stereocenters. The van der Waals surface area contributed by atoms with E-state index in [0.717, 1.165) is 5.56 Å². The second-order valence-electron chi connectivity index (χ2n) is 3.77. The topological polar surface area (TPSA) is 84.4 Å². The van der Waals surface area contributed by atoms with Gasteiger partial charge in [0.15, 0.2) is 11.0 Å². The summed E-state index contributed by atoms with van der Waals surface area (Å²) in [5.74, 6) is -0.620. The summed E-state index contributed by atoms with van der Waals surface area (Å²) in [7, 11) is 0. The Morgan fingerprint density at radius 3 is 2.68 bits per heavy atom. The van der Waals surface area contributed by atoms with E-state index < -0.39 is 5.82 Å². The van der Waals surface area contributed by atoms with Gasteiger partial charge < -0.3 is 10.9 Å². The summed E-state index contributed by atoms with van der Waals surface area (Å²) >= 11 is 1.21. The van der Waals surface area contributed by atoms with E-state index in [4.69, 9.17) is 10.9 Å². The molecule has 1 aromatic carbocycles. The van der Waals surface area contributed by atoms with Crippen LogP contribution in [0.3, 0.4) is 0 Å². The minimum absolute atomic E-state index is 0.158. The molecule has 0 aliphatic carbocycles. The third-order valence-corrected chi connectivity index (χ3v) is 3.25. The number of aromatic nitrogens is 2. The number of rotatable bonds is 3. The maximum absolute atomic E-state index is 13.2. The summed E-state index contributed by atoms with van der Waals surface area (Å²) in [6, 6.07) is 4.03. The molecule has 5 nitrogen and oxygen atoms in total.